The molecule has 0 saturated heterocycles. The SMILES string of the molecule is CC(C)Sc1c2c(cc3c([Si](C)(C)C)c4c(cc13)C(C)(C)c1cc(N(c3ccccc3)c3ccccc3-c3ccccc3)ccc1-4)C(C)(C)c1cc(N(c3ccccc3)c3ccccc3-c3ccccc3)ccc1-2. The Bertz CT molecular complexity index is 3760. The highest BCUT2D eigenvalue weighted by atomic mass is 32.2. The molecule has 0 aliphatic heterocycles. The normalized spacial score (nSPS) is 13.9. The molecule has 0 spiro atoms. The van der Waals surface area contributed by atoms with Gasteiger partial charge >= 0.3 is 0 Å². The number of thioether (sulfide) groups is 1. The lowest BCUT2D eigenvalue weighted by atomic mass is 9.80. The van der Waals surface area contributed by atoms with Gasteiger partial charge in [0, 0.05) is 60.4 Å². The predicted molar refractivity (Wildman–Crippen MR) is 323 cm³/mol. The van der Waals surface area contributed by atoms with Crippen LogP contribution in [0.4, 0.5) is 34.1 Å². The Morgan fingerprint density at radius 1 is 0.378 bits per heavy atom. The fourth-order valence-corrected chi connectivity index (χ4v) is 15.5. The van der Waals surface area contributed by atoms with Gasteiger partial charge in [0.05, 0.1) is 19.4 Å². The van der Waals surface area contributed by atoms with Gasteiger partial charge in [0.1, 0.15) is 0 Å². The second-order valence-corrected chi connectivity index (χ2v) is 29.2. The molecule has 2 aliphatic carbocycles. The molecule has 4 heteroatoms. The molecule has 0 bridgehead atoms. The van der Waals surface area contributed by atoms with Crippen molar-refractivity contribution in [1.82, 2.24) is 0 Å². The maximum absolute atomic E-state index is 2.65. The summed E-state index contributed by atoms with van der Waals surface area (Å²) < 4.78 is 0. The van der Waals surface area contributed by atoms with Crippen molar-refractivity contribution in [3.05, 3.63) is 241 Å². The summed E-state index contributed by atoms with van der Waals surface area (Å²) in [6.45, 7) is 22.3. The third-order valence-electron chi connectivity index (χ3n) is 15.7. The highest BCUT2D eigenvalue weighted by Crippen LogP contribution is 2.59. The third kappa shape index (κ3) is 7.84. The van der Waals surface area contributed by atoms with Crippen molar-refractivity contribution in [3.8, 4) is 44.5 Å². The van der Waals surface area contributed by atoms with E-state index < -0.39 is 8.07 Å². The van der Waals surface area contributed by atoms with Crippen LogP contribution in [0.3, 0.4) is 0 Å². The van der Waals surface area contributed by atoms with Crippen molar-refractivity contribution in [2.45, 2.75) is 82.2 Å². The summed E-state index contributed by atoms with van der Waals surface area (Å²) in [4.78, 5) is 6.34. The fourth-order valence-electron chi connectivity index (χ4n) is 12.4. The van der Waals surface area contributed by atoms with Crippen molar-refractivity contribution in [2.75, 3.05) is 9.80 Å². The Morgan fingerprint density at radius 2 is 0.770 bits per heavy atom. The molecule has 10 aromatic carbocycles. The molecule has 0 saturated carbocycles. The van der Waals surface area contributed by atoms with Gasteiger partial charge in [0.15, 0.2) is 0 Å². The van der Waals surface area contributed by atoms with E-state index in [4.69, 9.17) is 0 Å². The monoisotopic (exact) mass is 992 g/mol. The second kappa shape index (κ2) is 18.2. The third-order valence-corrected chi connectivity index (χ3v) is 18.9. The quantitative estimate of drug-likeness (QED) is 0.0942. The molecule has 0 amide bonds. The van der Waals surface area contributed by atoms with Gasteiger partial charge in [-0.1, -0.05) is 207 Å². The van der Waals surface area contributed by atoms with Gasteiger partial charge in [-0.2, -0.15) is 0 Å². The molecule has 0 unspecified atom stereocenters. The Morgan fingerprint density at radius 3 is 1.22 bits per heavy atom. The van der Waals surface area contributed by atoms with Crippen LogP contribution in [-0.2, 0) is 10.8 Å². The Hall–Kier alpha value is -7.37. The van der Waals surface area contributed by atoms with E-state index in [0.717, 1.165) is 28.4 Å². The molecular weight excluding hydrogens is 929 g/mol. The van der Waals surface area contributed by atoms with Crippen molar-refractivity contribution >= 4 is 69.9 Å². The number of fused-ring (bicyclic) bond motifs is 7. The Kier molecular flexibility index (Phi) is 11.7. The van der Waals surface area contributed by atoms with Gasteiger partial charge in [-0.15, -0.1) is 11.8 Å². The molecule has 2 nitrogen and oxygen atoms in total. The Balaban J connectivity index is 1.05. The summed E-state index contributed by atoms with van der Waals surface area (Å²) in [5.41, 5.74) is 22.5. The summed E-state index contributed by atoms with van der Waals surface area (Å²) in [5.74, 6) is 0. The van der Waals surface area contributed by atoms with Crippen LogP contribution in [0.2, 0.25) is 19.6 Å². The minimum atomic E-state index is -2.05. The zero-order valence-corrected chi connectivity index (χ0v) is 46.0. The summed E-state index contributed by atoms with van der Waals surface area (Å²) in [6.07, 6.45) is 0. The van der Waals surface area contributed by atoms with Crippen LogP contribution in [0.15, 0.2) is 223 Å². The largest absolute Gasteiger partial charge is 0.310 e. The molecule has 0 heterocycles. The van der Waals surface area contributed by atoms with E-state index in [2.05, 4.69) is 289 Å². The lowest BCUT2D eigenvalue weighted by Gasteiger charge is -2.30. The predicted octanol–water partition coefficient (Wildman–Crippen LogP) is 19.8. The van der Waals surface area contributed by atoms with Crippen LogP contribution in [0.1, 0.15) is 63.8 Å². The first-order valence-corrected chi connectivity index (χ1v) is 30.7. The molecule has 2 aliphatic rings. The van der Waals surface area contributed by atoms with E-state index in [9.17, 15) is 0 Å². The van der Waals surface area contributed by atoms with Crippen LogP contribution < -0.4 is 15.0 Å². The molecule has 364 valence electrons. The van der Waals surface area contributed by atoms with Crippen molar-refractivity contribution < 1.29 is 0 Å². The van der Waals surface area contributed by atoms with Crippen LogP contribution in [-0.4, -0.2) is 13.3 Å². The van der Waals surface area contributed by atoms with Crippen molar-refractivity contribution in [1.29, 1.82) is 0 Å². The fraction of sp³-hybridized carbons (Fsp3) is 0.171. The molecule has 10 aromatic rings. The first-order chi connectivity index (χ1) is 35.7. The minimum Gasteiger partial charge on any atom is -0.310 e. The lowest BCUT2D eigenvalue weighted by Crippen LogP contribution is -2.40. The van der Waals surface area contributed by atoms with Crippen LogP contribution in [0.5, 0.6) is 0 Å². The van der Waals surface area contributed by atoms with Crippen LogP contribution >= 0.6 is 11.8 Å². The summed E-state index contributed by atoms with van der Waals surface area (Å²) in [7, 11) is -2.05. The van der Waals surface area contributed by atoms with Gasteiger partial charge in [0.25, 0.3) is 0 Å². The van der Waals surface area contributed by atoms with Crippen molar-refractivity contribution in [3.63, 3.8) is 0 Å². The van der Waals surface area contributed by atoms with Crippen LogP contribution in [0.25, 0.3) is 55.3 Å². The average molecular weight is 993 g/mol. The summed E-state index contributed by atoms with van der Waals surface area (Å²) in [5, 5.41) is 4.80. The second-order valence-electron chi connectivity index (χ2n) is 22.6. The van der Waals surface area contributed by atoms with Gasteiger partial charge < -0.3 is 9.80 Å². The molecule has 0 atom stereocenters. The number of hydrogen-bond acceptors (Lipinski definition) is 3. The minimum absolute atomic E-state index is 0.258. The van der Waals surface area contributed by atoms with E-state index in [1.165, 1.54) is 88.1 Å². The van der Waals surface area contributed by atoms with E-state index in [-0.39, 0.29) is 10.8 Å². The molecular formula is C70H64N2SSi. The molecule has 0 N–H and O–H groups in total. The van der Waals surface area contributed by atoms with E-state index in [1.807, 2.05) is 11.8 Å². The maximum Gasteiger partial charge on any atom is 0.0792 e. The maximum atomic E-state index is 2.65. The van der Waals surface area contributed by atoms with Gasteiger partial charge in [0.2, 0.25) is 0 Å². The molecule has 0 radical (unpaired) electrons. The smallest absolute Gasteiger partial charge is 0.0792 e. The number of hydrogen-bond donors (Lipinski definition) is 0. The number of benzene rings is 10. The topological polar surface area (TPSA) is 6.48 Å². The van der Waals surface area contributed by atoms with Gasteiger partial charge in [-0.05, 0) is 139 Å². The highest BCUT2D eigenvalue weighted by molar-refractivity contribution is 8.00. The first kappa shape index (κ1) is 47.6. The lowest BCUT2D eigenvalue weighted by molar-refractivity contribution is 0.659. The molecule has 12 rings (SSSR count). The van der Waals surface area contributed by atoms with Crippen LogP contribution in [0, 0.1) is 0 Å². The number of para-hydroxylation sites is 4. The van der Waals surface area contributed by atoms with E-state index in [1.54, 1.807) is 5.19 Å². The van der Waals surface area contributed by atoms with E-state index >= 15 is 0 Å². The zero-order chi connectivity index (χ0) is 51.1. The highest BCUT2D eigenvalue weighted by Gasteiger charge is 2.44. The van der Waals surface area contributed by atoms with Gasteiger partial charge in [-0.3, -0.25) is 0 Å². The van der Waals surface area contributed by atoms with Crippen molar-refractivity contribution in [2.24, 2.45) is 0 Å². The molecule has 0 fully saturated rings. The molecule has 0 aromatic heterocycles. The van der Waals surface area contributed by atoms with E-state index in [0.29, 0.717) is 5.25 Å². The number of anilines is 6. The molecule has 74 heavy (non-hydrogen) atoms. The number of nitrogens with zero attached hydrogens (tertiary/aromatic N) is 2. The average Bonchev–Trinajstić information content (AvgIpc) is 3.85. The zero-order valence-electron chi connectivity index (χ0n) is 44.2. The summed E-state index contributed by atoms with van der Waals surface area (Å²) in [6, 6.07) is 81.1. The number of rotatable bonds is 11. The van der Waals surface area contributed by atoms with Gasteiger partial charge in [-0.25, -0.2) is 0 Å². The standard InChI is InChI=1S/C70H64N2SSi/c1-46(2)73-67-57-44-62-66(56-41-39-52(43-60(56)70(62,5)6)72(50-32-20-13-21-33-50)64-37-25-23-35-54(64)48-28-16-11-17-29-48)68(74(7,8)9)58(57)45-61-65(67)55-40-38-51(42-59(55)69(61,3)4)71(49-30-18-12-19-31-49)63-36-24-22-34-53(63)47-26-14-10-15-27-47/h10-46H,1-9H3. The first-order valence-electron chi connectivity index (χ1n) is 26.4. The Labute approximate surface area is 444 Å². The summed E-state index contributed by atoms with van der Waals surface area (Å²) >= 11 is 2.05.